The van der Waals surface area contributed by atoms with Crippen molar-refractivity contribution in [1.82, 2.24) is 4.90 Å². The standard InChI is InChI=1S/C20H23NO4/c1-24-18-12-16(14-7-4-3-5-8-14)19(25-2)11-15(18)13-21-10-6-9-17(21)20(22)23/h3-5,7-8,11-12,17H,6,9-10,13H2,1-2H3,(H,22,23). The Morgan fingerprint density at radius 3 is 2.52 bits per heavy atom. The normalized spacial score (nSPS) is 17.4. The van der Waals surface area contributed by atoms with E-state index in [-0.39, 0.29) is 0 Å². The molecule has 2 aromatic rings. The number of aliphatic carboxylic acids is 1. The van der Waals surface area contributed by atoms with Crippen LogP contribution in [-0.4, -0.2) is 42.8 Å². The van der Waals surface area contributed by atoms with Gasteiger partial charge in [0, 0.05) is 17.7 Å². The molecule has 25 heavy (non-hydrogen) atoms. The van der Waals surface area contributed by atoms with E-state index in [1.807, 2.05) is 47.4 Å². The largest absolute Gasteiger partial charge is 0.496 e. The molecule has 0 saturated carbocycles. The minimum absolute atomic E-state index is 0.426. The quantitative estimate of drug-likeness (QED) is 0.872. The van der Waals surface area contributed by atoms with Crippen LogP contribution < -0.4 is 9.47 Å². The first-order valence-corrected chi connectivity index (χ1v) is 8.41. The van der Waals surface area contributed by atoms with Crippen molar-refractivity contribution in [3.8, 4) is 22.6 Å². The first-order valence-electron chi connectivity index (χ1n) is 8.41. The Balaban J connectivity index is 1.96. The van der Waals surface area contributed by atoms with Gasteiger partial charge in [-0.2, -0.15) is 0 Å². The highest BCUT2D eigenvalue weighted by atomic mass is 16.5. The second-order valence-corrected chi connectivity index (χ2v) is 6.20. The van der Waals surface area contributed by atoms with E-state index in [0.717, 1.165) is 41.2 Å². The molecule has 1 unspecified atom stereocenters. The third-order valence-electron chi connectivity index (χ3n) is 4.71. The second-order valence-electron chi connectivity index (χ2n) is 6.20. The van der Waals surface area contributed by atoms with E-state index in [2.05, 4.69) is 0 Å². The fourth-order valence-corrected chi connectivity index (χ4v) is 3.44. The summed E-state index contributed by atoms with van der Waals surface area (Å²) in [6, 6.07) is 13.5. The number of benzene rings is 2. The van der Waals surface area contributed by atoms with E-state index in [1.165, 1.54) is 0 Å². The molecule has 0 spiro atoms. The molecule has 1 aliphatic rings. The molecular formula is C20H23NO4. The predicted molar refractivity (Wildman–Crippen MR) is 96.0 cm³/mol. The van der Waals surface area contributed by atoms with Crippen molar-refractivity contribution < 1.29 is 19.4 Å². The van der Waals surface area contributed by atoms with Crippen molar-refractivity contribution in [2.45, 2.75) is 25.4 Å². The van der Waals surface area contributed by atoms with Crippen molar-refractivity contribution in [2.24, 2.45) is 0 Å². The number of hydrogen-bond acceptors (Lipinski definition) is 4. The number of rotatable bonds is 6. The number of hydrogen-bond donors (Lipinski definition) is 1. The van der Waals surface area contributed by atoms with Gasteiger partial charge in [-0.1, -0.05) is 30.3 Å². The lowest BCUT2D eigenvalue weighted by atomic mass is 10.0. The first kappa shape index (κ1) is 17.3. The van der Waals surface area contributed by atoms with Crippen LogP contribution in [0.4, 0.5) is 0 Å². The minimum Gasteiger partial charge on any atom is -0.496 e. The summed E-state index contributed by atoms with van der Waals surface area (Å²) >= 11 is 0. The monoisotopic (exact) mass is 341 g/mol. The van der Waals surface area contributed by atoms with Gasteiger partial charge in [-0.05, 0) is 37.1 Å². The number of carboxylic acid groups (broad SMARTS) is 1. The topological polar surface area (TPSA) is 59.0 Å². The second kappa shape index (κ2) is 7.57. The summed E-state index contributed by atoms with van der Waals surface area (Å²) in [5.41, 5.74) is 2.95. The van der Waals surface area contributed by atoms with Gasteiger partial charge in [0.15, 0.2) is 0 Å². The third-order valence-corrected chi connectivity index (χ3v) is 4.71. The zero-order chi connectivity index (χ0) is 17.8. The highest BCUT2D eigenvalue weighted by Crippen LogP contribution is 2.37. The van der Waals surface area contributed by atoms with Gasteiger partial charge in [-0.25, -0.2) is 0 Å². The molecular weight excluding hydrogens is 318 g/mol. The molecule has 0 radical (unpaired) electrons. The summed E-state index contributed by atoms with van der Waals surface area (Å²) in [6.45, 7) is 1.31. The number of nitrogens with zero attached hydrogens (tertiary/aromatic N) is 1. The maximum Gasteiger partial charge on any atom is 0.320 e. The van der Waals surface area contributed by atoms with Crippen LogP contribution in [0.2, 0.25) is 0 Å². The van der Waals surface area contributed by atoms with Crippen molar-refractivity contribution >= 4 is 5.97 Å². The number of ether oxygens (including phenoxy) is 2. The fraction of sp³-hybridized carbons (Fsp3) is 0.350. The highest BCUT2D eigenvalue weighted by Gasteiger charge is 2.31. The molecule has 1 saturated heterocycles. The highest BCUT2D eigenvalue weighted by molar-refractivity contribution is 5.74. The molecule has 1 heterocycles. The van der Waals surface area contributed by atoms with Gasteiger partial charge in [-0.3, -0.25) is 9.69 Å². The molecule has 5 heteroatoms. The van der Waals surface area contributed by atoms with Crippen LogP contribution in [0.3, 0.4) is 0 Å². The van der Waals surface area contributed by atoms with Gasteiger partial charge in [0.1, 0.15) is 17.5 Å². The zero-order valence-electron chi connectivity index (χ0n) is 14.6. The molecule has 0 aliphatic carbocycles. The van der Waals surface area contributed by atoms with Crippen LogP contribution >= 0.6 is 0 Å². The summed E-state index contributed by atoms with van der Waals surface area (Å²) in [7, 11) is 3.28. The van der Waals surface area contributed by atoms with Crippen LogP contribution in [0.1, 0.15) is 18.4 Å². The lowest BCUT2D eigenvalue weighted by Gasteiger charge is -2.23. The molecule has 2 aromatic carbocycles. The van der Waals surface area contributed by atoms with Crippen molar-refractivity contribution in [3.63, 3.8) is 0 Å². The number of carbonyl (C=O) groups is 1. The van der Waals surface area contributed by atoms with Crippen molar-refractivity contribution in [2.75, 3.05) is 20.8 Å². The Morgan fingerprint density at radius 2 is 1.88 bits per heavy atom. The Bertz CT molecular complexity index is 745. The maximum atomic E-state index is 11.4. The molecule has 0 amide bonds. The average Bonchev–Trinajstić information content (AvgIpc) is 3.10. The van der Waals surface area contributed by atoms with E-state index in [1.54, 1.807) is 14.2 Å². The Labute approximate surface area is 147 Å². The van der Waals surface area contributed by atoms with E-state index >= 15 is 0 Å². The lowest BCUT2D eigenvalue weighted by molar-refractivity contribution is -0.142. The molecule has 0 bridgehead atoms. The fourth-order valence-electron chi connectivity index (χ4n) is 3.44. The summed E-state index contributed by atoms with van der Waals surface area (Å²) < 4.78 is 11.2. The smallest absolute Gasteiger partial charge is 0.320 e. The zero-order valence-corrected chi connectivity index (χ0v) is 14.6. The summed E-state index contributed by atoms with van der Waals surface area (Å²) in [5.74, 6) is 0.744. The molecule has 3 rings (SSSR count). The van der Waals surface area contributed by atoms with Gasteiger partial charge in [0.05, 0.1) is 14.2 Å². The molecule has 5 nitrogen and oxygen atoms in total. The molecule has 0 aromatic heterocycles. The number of likely N-dealkylation sites (tertiary alicyclic amines) is 1. The third kappa shape index (κ3) is 3.61. The van der Waals surface area contributed by atoms with Gasteiger partial charge >= 0.3 is 5.97 Å². The van der Waals surface area contributed by atoms with E-state index in [4.69, 9.17) is 9.47 Å². The van der Waals surface area contributed by atoms with E-state index in [9.17, 15) is 9.90 Å². The maximum absolute atomic E-state index is 11.4. The Morgan fingerprint density at radius 1 is 1.16 bits per heavy atom. The Kier molecular flexibility index (Phi) is 5.24. The lowest BCUT2D eigenvalue weighted by Crippen LogP contribution is -2.35. The predicted octanol–water partition coefficient (Wildman–Crippen LogP) is 3.42. The number of methoxy groups -OCH3 is 2. The Hall–Kier alpha value is -2.53. The SMILES string of the molecule is COc1cc(-c2ccccc2)c(OC)cc1CN1CCCC1C(=O)O. The van der Waals surface area contributed by atoms with Crippen LogP contribution in [-0.2, 0) is 11.3 Å². The van der Waals surface area contributed by atoms with Gasteiger partial charge in [0.25, 0.3) is 0 Å². The average molecular weight is 341 g/mol. The van der Waals surface area contributed by atoms with Gasteiger partial charge in [0.2, 0.25) is 0 Å². The van der Waals surface area contributed by atoms with Crippen molar-refractivity contribution in [1.29, 1.82) is 0 Å². The van der Waals surface area contributed by atoms with Crippen LogP contribution in [0, 0.1) is 0 Å². The molecule has 1 atom stereocenters. The van der Waals surface area contributed by atoms with Crippen LogP contribution in [0.15, 0.2) is 42.5 Å². The van der Waals surface area contributed by atoms with Crippen molar-refractivity contribution in [3.05, 3.63) is 48.0 Å². The summed E-state index contributed by atoms with van der Waals surface area (Å²) in [4.78, 5) is 13.4. The number of carboxylic acids is 1. The molecule has 1 N–H and O–H groups in total. The van der Waals surface area contributed by atoms with Crippen LogP contribution in [0.5, 0.6) is 11.5 Å². The minimum atomic E-state index is -0.760. The van der Waals surface area contributed by atoms with E-state index in [0.29, 0.717) is 13.0 Å². The van der Waals surface area contributed by atoms with E-state index < -0.39 is 12.0 Å². The summed E-state index contributed by atoms with van der Waals surface area (Å²) in [5, 5.41) is 9.38. The molecule has 1 aliphatic heterocycles. The molecule has 132 valence electrons. The van der Waals surface area contributed by atoms with Gasteiger partial charge < -0.3 is 14.6 Å². The first-order chi connectivity index (χ1) is 12.1. The molecule has 1 fully saturated rings. The van der Waals surface area contributed by atoms with Gasteiger partial charge in [-0.15, -0.1) is 0 Å². The summed E-state index contributed by atoms with van der Waals surface area (Å²) in [6.07, 6.45) is 1.59. The van der Waals surface area contributed by atoms with Crippen LogP contribution in [0.25, 0.3) is 11.1 Å².